The third kappa shape index (κ3) is 6.06. The Morgan fingerprint density at radius 3 is 2.32 bits per heavy atom. The highest BCUT2D eigenvalue weighted by Crippen LogP contribution is 2.22. The standard InChI is InChI=1S/C18H24BrNO2/c1-14(2)7-6-12-20(17(21)18(3,4)19)13-15-8-10-16(22-5)11-9-15/h6-12H,13H2,1-5H3/b12-6+. The Balaban J connectivity index is 2.96. The molecular formula is C18H24BrNO2. The fraction of sp³-hybridized carbons (Fsp3) is 0.389. The second-order valence-electron chi connectivity index (χ2n) is 5.84. The van der Waals surface area contributed by atoms with E-state index in [9.17, 15) is 4.79 Å². The second-order valence-corrected chi connectivity index (χ2v) is 7.82. The van der Waals surface area contributed by atoms with E-state index in [4.69, 9.17) is 4.74 Å². The highest BCUT2D eigenvalue weighted by molar-refractivity contribution is 9.10. The number of allylic oxidation sites excluding steroid dienone is 3. The molecule has 1 aromatic rings. The zero-order valence-electron chi connectivity index (χ0n) is 13.9. The van der Waals surface area contributed by atoms with Crippen molar-refractivity contribution >= 4 is 21.8 Å². The summed E-state index contributed by atoms with van der Waals surface area (Å²) < 4.78 is 4.55. The molecule has 0 unspecified atom stereocenters. The number of amides is 1. The summed E-state index contributed by atoms with van der Waals surface area (Å²) >= 11 is 3.44. The van der Waals surface area contributed by atoms with Gasteiger partial charge in [-0.1, -0.05) is 39.7 Å². The van der Waals surface area contributed by atoms with Gasteiger partial charge in [0.05, 0.1) is 18.0 Å². The number of methoxy groups -OCH3 is 1. The van der Waals surface area contributed by atoms with Gasteiger partial charge in [-0.2, -0.15) is 0 Å². The lowest BCUT2D eigenvalue weighted by Crippen LogP contribution is -2.38. The van der Waals surface area contributed by atoms with Gasteiger partial charge in [-0.05, 0) is 51.5 Å². The molecule has 0 saturated carbocycles. The van der Waals surface area contributed by atoms with Crippen molar-refractivity contribution in [1.29, 1.82) is 0 Å². The van der Waals surface area contributed by atoms with Gasteiger partial charge in [0.25, 0.3) is 0 Å². The number of benzene rings is 1. The van der Waals surface area contributed by atoms with Crippen molar-refractivity contribution < 1.29 is 9.53 Å². The highest BCUT2D eigenvalue weighted by Gasteiger charge is 2.28. The van der Waals surface area contributed by atoms with Crippen molar-refractivity contribution in [2.75, 3.05) is 7.11 Å². The molecule has 1 amide bonds. The molecule has 0 aromatic heterocycles. The van der Waals surface area contributed by atoms with Crippen molar-refractivity contribution in [3.8, 4) is 5.75 Å². The number of nitrogens with zero attached hydrogens (tertiary/aromatic N) is 1. The van der Waals surface area contributed by atoms with Gasteiger partial charge in [-0.3, -0.25) is 4.79 Å². The van der Waals surface area contributed by atoms with E-state index in [1.54, 1.807) is 12.0 Å². The van der Waals surface area contributed by atoms with Crippen LogP contribution in [0.3, 0.4) is 0 Å². The van der Waals surface area contributed by atoms with Crippen molar-refractivity contribution in [2.45, 2.75) is 38.6 Å². The number of ether oxygens (including phenoxy) is 1. The molecule has 0 aliphatic rings. The minimum absolute atomic E-state index is 0.0155. The largest absolute Gasteiger partial charge is 0.497 e. The van der Waals surface area contributed by atoms with Gasteiger partial charge in [0.2, 0.25) is 5.91 Å². The zero-order chi connectivity index (χ0) is 16.8. The summed E-state index contributed by atoms with van der Waals surface area (Å²) in [6.45, 7) is 8.27. The van der Waals surface area contributed by atoms with Crippen LogP contribution in [0.1, 0.15) is 33.3 Å². The fourth-order valence-corrected chi connectivity index (χ4v) is 2.03. The third-order valence-corrected chi connectivity index (χ3v) is 3.32. The van der Waals surface area contributed by atoms with Gasteiger partial charge in [-0.15, -0.1) is 0 Å². The lowest BCUT2D eigenvalue weighted by molar-refractivity contribution is -0.130. The van der Waals surface area contributed by atoms with Crippen LogP contribution < -0.4 is 4.74 Å². The third-order valence-electron chi connectivity index (χ3n) is 2.98. The van der Waals surface area contributed by atoms with Crippen molar-refractivity contribution in [3.05, 3.63) is 53.8 Å². The van der Waals surface area contributed by atoms with Gasteiger partial charge >= 0.3 is 0 Å². The summed E-state index contributed by atoms with van der Waals surface area (Å²) in [4.78, 5) is 14.3. The van der Waals surface area contributed by atoms with E-state index in [-0.39, 0.29) is 5.91 Å². The first-order chi connectivity index (χ1) is 10.2. The molecule has 3 nitrogen and oxygen atoms in total. The Bertz CT molecular complexity index is 549. The van der Waals surface area contributed by atoms with Crippen LogP contribution in [0.15, 0.2) is 48.2 Å². The van der Waals surface area contributed by atoms with Crippen molar-refractivity contribution in [1.82, 2.24) is 4.90 Å². The number of hydrogen-bond acceptors (Lipinski definition) is 2. The quantitative estimate of drug-likeness (QED) is 0.541. The Morgan fingerprint density at radius 1 is 1.27 bits per heavy atom. The highest BCUT2D eigenvalue weighted by atomic mass is 79.9. The van der Waals surface area contributed by atoms with E-state index in [1.807, 2.05) is 70.3 Å². The number of hydrogen-bond donors (Lipinski definition) is 0. The molecular weight excluding hydrogens is 342 g/mol. The van der Waals surface area contributed by atoms with E-state index < -0.39 is 4.32 Å². The molecule has 4 heteroatoms. The topological polar surface area (TPSA) is 29.5 Å². The lowest BCUT2D eigenvalue weighted by Gasteiger charge is -2.25. The first-order valence-corrected chi connectivity index (χ1v) is 7.98. The second kappa shape index (κ2) is 8.18. The normalized spacial score (nSPS) is 11.4. The van der Waals surface area contributed by atoms with Crippen LogP contribution in [-0.4, -0.2) is 22.2 Å². The summed E-state index contributed by atoms with van der Waals surface area (Å²) in [5.41, 5.74) is 2.24. The van der Waals surface area contributed by atoms with Gasteiger partial charge in [-0.25, -0.2) is 0 Å². The Kier molecular flexibility index (Phi) is 6.88. The van der Waals surface area contributed by atoms with Crippen molar-refractivity contribution in [2.24, 2.45) is 0 Å². The molecule has 0 aliphatic carbocycles. The van der Waals surface area contributed by atoms with E-state index >= 15 is 0 Å². The monoisotopic (exact) mass is 365 g/mol. The van der Waals surface area contributed by atoms with Crippen LogP contribution in [0.4, 0.5) is 0 Å². The number of carbonyl (C=O) groups excluding carboxylic acids is 1. The van der Waals surface area contributed by atoms with Gasteiger partial charge in [0, 0.05) is 6.20 Å². The van der Waals surface area contributed by atoms with Crippen LogP contribution in [-0.2, 0) is 11.3 Å². The summed E-state index contributed by atoms with van der Waals surface area (Å²) in [5, 5.41) is 0. The molecule has 120 valence electrons. The molecule has 0 saturated heterocycles. The Hall–Kier alpha value is -1.55. The van der Waals surface area contributed by atoms with Crippen LogP contribution in [0.5, 0.6) is 5.75 Å². The molecule has 0 radical (unpaired) electrons. The van der Waals surface area contributed by atoms with Crippen LogP contribution in [0.2, 0.25) is 0 Å². The molecule has 0 aliphatic heterocycles. The molecule has 1 aromatic carbocycles. The predicted octanol–water partition coefficient (Wildman–Crippen LogP) is 4.68. The van der Waals surface area contributed by atoms with Gasteiger partial charge in [0.1, 0.15) is 5.75 Å². The van der Waals surface area contributed by atoms with Crippen LogP contribution in [0.25, 0.3) is 0 Å². The zero-order valence-corrected chi connectivity index (χ0v) is 15.5. The summed E-state index contributed by atoms with van der Waals surface area (Å²) in [6, 6.07) is 7.73. The molecule has 22 heavy (non-hydrogen) atoms. The SMILES string of the molecule is COc1ccc(CN(/C=C/C=C(C)C)C(=O)C(C)(C)Br)cc1. The molecule has 1 rings (SSSR count). The molecule has 0 heterocycles. The number of rotatable bonds is 6. The van der Waals surface area contributed by atoms with E-state index in [1.165, 1.54) is 5.57 Å². The average molecular weight is 366 g/mol. The minimum Gasteiger partial charge on any atom is -0.497 e. The average Bonchev–Trinajstić information content (AvgIpc) is 2.45. The van der Waals surface area contributed by atoms with Crippen LogP contribution in [0, 0.1) is 0 Å². The van der Waals surface area contributed by atoms with E-state index in [0.717, 1.165) is 11.3 Å². The molecule has 0 N–H and O–H groups in total. The number of carbonyl (C=O) groups is 1. The first-order valence-electron chi connectivity index (χ1n) is 7.18. The number of halogens is 1. The maximum absolute atomic E-state index is 12.6. The molecule has 0 bridgehead atoms. The molecule has 0 spiro atoms. The van der Waals surface area contributed by atoms with Crippen molar-refractivity contribution in [3.63, 3.8) is 0 Å². The van der Waals surface area contributed by atoms with E-state index in [0.29, 0.717) is 6.54 Å². The number of alkyl halides is 1. The predicted molar refractivity (Wildman–Crippen MR) is 95.1 cm³/mol. The lowest BCUT2D eigenvalue weighted by atomic mass is 10.1. The molecule has 0 fully saturated rings. The maximum Gasteiger partial charge on any atom is 0.243 e. The fourth-order valence-electron chi connectivity index (χ4n) is 1.80. The van der Waals surface area contributed by atoms with Crippen LogP contribution >= 0.6 is 15.9 Å². The van der Waals surface area contributed by atoms with Gasteiger partial charge < -0.3 is 9.64 Å². The summed E-state index contributed by atoms with van der Waals surface area (Å²) in [6.07, 6.45) is 5.70. The summed E-state index contributed by atoms with van der Waals surface area (Å²) in [5.74, 6) is 0.823. The smallest absolute Gasteiger partial charge is 0.243 e. The Labute approximate surface area is 141 Å². The summed E-state index contributed by atoms with van der Waals surface area (Å²) in [7, 11) is 1.64. The van der Waals surface area contributed by atoms with Gasteiger partial charge in [0.15, 0.2) is 0 Å². The Morgan fingerprint density at radius 2 is 1.86 bits per heavy atom. The minimum atomic E-state index is -0.602. The maximum atomic E-state index is 12.6. The molecule has 0 atom stereocenters. The first kappa shape index (κ1) is 18.5. The van der Waals surface area contributed by atoms with E-state index in [2.05, 4.69) is 15.9 Å².